The van der Waals surface area contributed by atoms with E-state index < -0.39 is 11.5 Å². The van der Waals surface area contributed by atoms with Gasteiger partial charge in [0.2, 0.25) is 11.8 Å². The number of carboxylic acids is 1. The van der Waals surface area contributed by atoms with E-state index in [1.54, 1.807) is 6.92 Å². The Bertz CT molecular complexity index is 332. The molecular formula is C11H18N2O4. The lowest BCUT2D eigenvalue weighted by atomic mass is 9.94. The number of hydrogen-bond donors (Lipinski definition) is 3. The zero-order valence-electron chi connectivity index (χ0n) is 10.1. The highest BCUT2D eigenvalue weighted by Crippen LogP contribution is 2.15. The number of piperidine rings is 1. The lowest BCUT2D eigenvalue weighted by Crippen LogP contribution is -2.55. The van der Waals surface area contributed by atoms with Crippen molar-refractivity contribution in [1.82, 2.24) is 10.6 Å². The van der Waals surface area contributed by atoms with E-state index >= 15 is 0 Å². The van der Waals surface area contributed by atoms with E-state index in [1.807, 2.05) is 0 Å². The topological polar surface area (TPSA) is 95.5 Å². The molecule has 0 bridgehead atoms. The van der Waals surface area contributed by atoms with Gasteiger partial charge < -0.3 is 15.7 Å². The minimum atomic E-state index is -1.24. The summed E-state index contributed by atoms with van der Waals surface area (Å²) in [6, 6.07) is 0. The number of amides is 2. The highest BCUT2D eigenvalue weighted by molar-refractivity contribution is 5.89. The first-order valence-electron chi connectivity index (χ1n) is 5.71. The van der Waals surface area contributed by atoms with Crippen LogP contribution in [0.25, 0.3) is 0 Å². The smallest absolute Gasteiger partial charge is 0.329 e. The van der Waals surface area contributed by atoms with E-state index in [-0.39, 0.29) is 24.3 Å². The van der Waals surface area contributed by atoms with E-state index in [0.29, 0.717) is 19.3 Å². The molecule has 2 atom stereocenters. The fourth-order valence-corrected chi connectivity index (χ4v) is 1.62. The molecule has 0 aromatic rings. The number of rotatable bonds is 4. The van der Waals surface area contributed by atoms with Crippen molar-refractivity contribution in [3.63, 3.8) is 0 Å². The number of carbonyl (C=O) groups excluding carboxylic acids is 2. The van der Waals surface area contributed by atoms with Crippen LogP contribution in [0.15, 0.2) is 0 Å². The monoisotopic (exact) mass is 242 g/mol. The molecule has 1 aliphatic rings. The molecule has 3 N–H and O–H groups in total. The van der Waals surface area contributed by atoms with E-state index in [9.17, 15) is 14.4 Å². The first kappa shape index (κ1) is 13.5. The van der Waals surface area contributed by atoms with Crippen LogP contribution < -0.4 is 10.6 Å². The number of carboxylic acid groups (broad SMARTS) is 1. The third-order valence-corrected chi connectivity index (χ3v) is 3.21. The van der Waals surface area contributed by atoms with Gasteiger partial charge in [-0.05, 0) is 19.8 Å². The van der Waals surface area contributed by atoms with Gasteiger partial charge in [-0.2, -0.15) is 0 Å². The molecule has 1 rings (SSSR count). The van der Waals surface area contributed by atoms with Gasteiger partial charge >= 0.3 is 5.97 Å². The second-order valence-electron chi connectivity index (χ2n) is 4.52. The van der Waals surface area contributed by atoms with Crippen molar-refractivity contribution in [2.75, 3.05) is 6.54 Å². The molecule has 0 saturated carbocycles. The fraction of sp³-hybridized carbons (Fsp3) is 0.727. The van der Waals surface area contributed by atoms with Crippen molar-refractivity contribution < 1.29 is 19.5 Å². The SMILES string of the molecule is CCC(C)(NC(=O)C1CCC(=O)NC1)C(=O)O. The van der Waals surface area contributed by atoms with Crippen LogP contribution in [0, 0.1) is 5.92 Å². The molecule has 1 fully saturated rings. The van der Waals surface area contributed by atoms with Crippen LogP contribution in [-0.2, 0) is 14.4 Å². The molecular weight excluding hydrogens is 224 g/mol. The summed E-state index contributed by atoms with van der Waals surface area (Å²) in [7, 11) is 0. The standard InChI is InChI=1S/C11H18N2O4/c1-3-11(2,10(16)17)13-9(15)7-4-5-8(14)12-6-7/h7H,3-6H2,1-2H3,(H,12,14)(H,13,15)(H,16,17). The van der Waals surface area contributed by atoms with Crippen LogP contribution in [0.1, 0.15) is 33.1 Å². The first-order chi connectivity index (χ1) is 7.89. The fourth-order valence-electron chi connectivity index (χ4n) is 1.62. The number of hydrogen-bond acceptors (Lipinski definition) is 3. The molecule has 6 nitrogen and oxygen atoms in total. The number of aliphatic carboxylic acids is 1. The van der Waals surface area contributed by atoms with Crippen molar-refractivity contribution in [1.29, 1.82) is 0 Å². The van der Waals surface area contributed by atoms with Crippen molar-refractivity contribution in [2.45, 2.75) is 38.6 Å². The molecule has 2 amide bonds. The molecule has 17 heavy (non-hydrogen) atoms. The Kier molecular flexibility index (Phi) is 4.09. The van der Waals surface area contributed by atoms with Crippen LogP contribution in [-0.4, -0.2) is 35.0 Å². The lowest BCUT2D eigenvalue weighted by Gasteiger charge is -2.29. The van der Waals surface area contributed by atoms with Crippen molar-refractivity contribution >= 4 is 17.8 Å². The van der Waals surface area contributed by atoms with Gasteiger partial charge in [0.05, 0.1) is 5.92 Å². The van der Waals surface area contributed by atoms with Gasteiger partial charge in [-0.25, -0.2) is 4.79 Å². The van der Waals surface area contributed by atoms with Crippen LogP contribution in [0.5, 0.6) is 0 Å². The summed E-state index contributed by atoms with van der Waals surface area (Å²) in [5.41, 5.74) is -1.24. The second-order valence-corrected chi connectivity index (χ2v) is 4.52. The van der Waals surface area contributed by atoms with Gasteiger partial charge in [0, 0.05) is 13.0 Å². The molecule has 0 spiro atoms. The Morgan fingerprint density at radius 1 is 1.59 bits per heavy atom. The minimum absolute atomic E-state index is 0.0643. The summed E-state index contributed by atoms with van der Waals surface area (Å²) in [6.45, 7) is 3.47. The third kappa shape index (κ3) is 3.18. The predicted molar refractivity (Wildman–Crippen MR) is 60.2 cm³/mol. The molecule has 2 unspecified atom stereocenters. The predicted octanol–water partition coefficient (Wildman–Crippen LogP) is -0.118. The van der Waals surface area contributed by atoms with Crippen molar-refractivity contribution in [3.8, 4) is 0 Å². The first-order valence-corrected chi connectivity index (χ1v) is 5.71. The Balaban J connectivity index is 2.59. The van der Waals surface area contributed by atoms with E-state index in [4.69, 9.17) is 5.11 Å². The summed E-state index contributed by atoms with van der Waals surface area (Å²) in [6.07, 6.45) is 1.10. The largest absolute Gasteiger partial charge is 0.480 e. The molecule has 6 heteroatoms. The van der Waals surface area contributed by atoms with Crippen LogP contribution in [0.3, 0.4) is 0 Å². The summed E-state index contributed by atoms with van der Waals surface area (Å²) in [5.74, 6) is -1.76. The van der Waals surface area contributed by atoms with Gasteiger partial charge in [0.1, 0.15) is 5.54 Å². The molecule has 0 aliphatic carbocycles. The van der Waals surface area contributed by atoms with Crippen LogP contribution >= 0.6 is 0 Å². The molecule has 1 heterocycles. The number of carbonyl (C=O) groups is 3. The van der Waals surface area contributed by atoms with Crippen LogP contribution in [0.4, 0.5) is 0 Å². The minimum Gasteiger partial charge on any atom is -0.480 e. The zero-order chi connectivity index (χ0) is 13.1. The quantitative estimate of drug-likeness (QED) is 0.640. The lowest BCUT2D eigenvalue weighted by molar-refractivity contribution is -0.148. The molecule has 1 aliphatic heterocycles. The Hall–Kier alpha value is -1.59. The maximum Gasteiger partial charge on any atom is 0.329 e. The van der Waals surface area contributed by atoms with Gasteiger partial charge in [-0.1, -0.05) is 6.92 Å². The van der Waals surface area contributed by atoms with E-state index in [0.717, 1.165) is 0 Å². The Morgan fingerprint density at radius 2 is 2.24 bits per heavy atom. The highest BCUT2D eigenvalue weighted by Gasteiger charge is 2.35. The zero-order valence-corrected chi connectivity index (χ0v) is 10.1. The third-order valence-electron chi connectivity index (χ3n) is 3.21. The second kappa shape index (κ2) is 5.16. The Morgan fingerprint density at radius 3 is 2.65 bits per heavy atom. The summed E-state index contributed by atoms with van der Waals surface area (Å²) < 4.78 is 0. The van der Waals surface area contributed by atoms with Gasteiger partial charge in [-0.15, -0.1) is 0 Å². The normalized spacial score (nSPS) is 23.4. The summed E-state index contributed by atoms with van der Waals surface area (Å²) in [4.78, 5) is 33.8. The van der Waals surface area contributed by atoms with Crippen molar-refractivity contribution in [2.24, 2.45) is 5.92 Å². The molecule has 0 aromatic heterocycles. The number of nitrogens with one attached hydrogen (secondary N) is 2. The molecule has 96 valence electrons. The maximum atomic E-state index is 11.9. The van der Waals surface area contributed by atoms with Gasteiger partial charge in [0.15, 0.2) is 0 Å². The van der Waals surface area contributed by atoms with E-state index in [1.165, 1.54) is 6.92 Å². The Labute approximate surface area is 99.8 Å². The summed E-state index contributed by atoms with van der Waals surface area (Å²) in [5, 5.41) is 14.2. The maximum absolute atomic E-state index is 11.9. The van der Waals surface area contributed by atoms with E-state index in [2.05, 4.69) is 10.6 Å². The van der Waals surface area contributed by atoms with Crippen molar-refractivity contribution in [3.05, 3.63) is 0 Å². The van der Waals surface area contributed by atoms with Crippen LogP contribution in [0.2, 0.25) is 0 Å². The van der Waals surface area contributed by atoms with Gasteiger partial charge in [0.25, 0.3) is 0 Å². The summed E-state index contributed by atoms with van der Waals surface area (Å²) >= 11 is 0. The average Bonchev–Trinajstić information content (AvgIpc) is 2.29. The average molecular weight is 242 g/mol. The molecule has 0 radical (unpaired) electrons. The van der Waals surface area contributed by atoms with Gasteiger partial charge in [-0.3, -0.25) is 9.59 Å². The highest BCUT2D eigenvalue weighted by atomic mass is 16.4. The molecule has 1 saturated heterocycles. The molecule has 0 aromatic carbocycles.